The molecule has 0 bridgehead atoms. The second-order valence-corrected chi connectivity index (χ2v) is 3.20. The van der Waals surface area contributed by atoms with Crippen molar-refractivity contribution in [3.05, 3.63) is 12.7 Å². The molecule has 0 N–H and O–H groups in total. The van der Waals surface area contributed by atoms with E-state index in [1.54, 1.807) is 13.0 Å². The predicted octanol–water partition coefficient (Wildman–Crippen LogP) is 2.08. The Balaban J connectivity index is 3.86. The first-order valence-electron chi connectivity index (χ1n) is 4.57. The van der Waals surface area contributed by atoms with Crippen LogP contribution >= 0.6 is 11.6 Å². The predicted molar refractivity (Wildman–Crippen MR) is 55.3 cm³/mol. The summed E-state index contributed by atoms with van der Waals surface area (Å²) in [6.07, 6.45) is 3.43. The molecule has 0 aliphatic carbocycles. The second-order valence-electron chi connectivity index (χ2n) is 2.76. The number of ketones is 1. The first-order chi connectivity index (χ1) is 6.63. The summed E-state index contributed by atoms with van der Waals surface area (Å²) in [7, 11) is 0. The molecule has 0 heterocycles. The molecule has 0 aromatic rings. The molecule has 0 aliphatic heterocycles. The van der Waals surface area contributed by atoms with Gasteiger partial charge in [0.2, 0.25) is 0 Å². The van der Waals surface area contributed by atoms with E-state index in [0.29, 0.717) is 12.8 Å². The second kappa shape index (κ2) is 7.56. The van der Waals surface area contributed by atoms with E-state index in [9.17, 15) is 9.59 Å². The molecule has 1 atom stereocenters. The van der Waals surface area contributed by atoms with Crippen molar-refractivity contribution in [3.63, 3.8) is 0 Å². The molecule has 80 valence electrons. The van der Waals surface area contributed by atoms with Crippen molar-refractivity contribution < 1.29 is 14.3 Å². The van der Waals surface area contributed by atoms with Gasteiger partial charge >= 0.3 is 5.97 Å². The van der Waals surface area contributed by atoms with Gasteiger partial charge in [0.25, 0.3) is 0 Å². The molecule has 0 spiro atoms. The number of hydrogen-bond acceptors (Lipinski definition) is 3. The molecular formula is C10H15ClO3. The maximum atomic E-state index is 11.3. The monoisotopic (exact) mass is 218 g/mol. The molecule has 0 aromatic carbocycles. The van der Waals surface area contributed by atoms with Crippen LogP contribution in [0.2, 0.25) is 0 Å². The lowest BCUT2D eigenvalue weighted by Gasteiger charge is -2.06. The van der Waals surface area contributed by atoms with Crippen LogP contribution in [-0.2, 0) is 14.3 Å². The van der Waals surface area contributed by atoms with Crippen molar-refractivity contribution in [3.8, 4) is 0 Å². The van der Waals surface area contributed by atoms with Gasteiger partial charge < -0.3 is 4.74 Å². The minimum atomic E-state index is -1.15. The summed E-state index contributed by atoms with van der Waals surface area (Å²) >= 11 is 5.59. The zero-order chi connectivity index (χ0) is 11.0. The first-order valence-corrected chi connectivity index (χ1v) is 5.01. The summed E-state index contributed by atoms with van der Waals surface area (Å²) < 4.78 is 4.62. The highest BCUT2D eigenvalue weighted by atomic mass is 35.5. The van der Waals surface area contributed by atoms with Crippen molar-refractivity contribution in [2.24, 2.45) is 0 Å². The van der Waals surface area contributed by atoms with Gasteiger partial charge in [-0.3, -0.25) is 4.79 Å². The maximum absolute atomic E-state index is 11.3. The van der Waals surface area contributed by atoms with Crippen LogP contribution in [-0.4, -0.2) is 23.7 Å². The molecule has 0 rings (SSSR count). The number of hydrogen-bond donors (Lipinski definition) is 0. The smallest absolute Gasteiger partial charge is 0.331 e. The molecule has 0 aromatic heterocycles. The average Bonchev–Trinajstić information content (AvgIpc) is 2.17. The largest absolute Gasteiger partial charge is 0.465 e. The van der Waals surface area contributed by atoms with Gasteiger partial charge in [-0.05, 0) is 19.8 Å². The van der Waals surface area contributed by atoms with Gasteiger partial charge in [-0.25, -0.2) is 4.79 Å². The van der Waals surface area contributed by atoms with Crippen LogP contribution in [0, 0.1) is 0 Å². The van der Waals surface area contributed by atoms with Crippen LogP contribution < -0.4 is 0 Å². The van der Waals surface area contributed by atoms with Gasteiger partial charge in [-0.15, -0.1) is 18.2 Å². The van der Waals surface area contributed by atoms with Gasteiger partial charge in [0.1, 0.15) is 0 Å². The van der Waals surface area contributed by atoms with Crippen LogP contribution in [0.3, 0.4) is 0 Å². The molecule has 0 saturated carbocycles. The number of alkyl halides is 1. The lowest BCUT2D eigenvalue weighted by Crippen LogP contribution is -2.26. The first kappa shape index (κ1) is 13.2. The Labute approximate surface area is 89.1 Å². The van der Waals surface area contributed by atoms with E-state index in [2.05, 4.69) is 11.3 Å². The number of unbranched alkanes of at least 4 members (excludes halogenated alkanes) is 1. The summed E-state index contributed by atoms with van der Waals surface area (Å²) in [6, 6.07) is 0. The average molecular weight is 219 g/mol. The fourth-order valence-corrected chi connectivity index (χ4v) is 1.07. The molecule has 4 heteroatoms. The number of carbonyl (C=O) groups excluding carboxylic acids is 2. The lowest BCUT2D eigenvalue weighted by molar-refractivity contribution is -0.145. The van der Waals surface area contributed by atoms with Crippen molar-refractivity contribution in [1.29, 1.82) is 0 Å². The topological polar surface area (TPSA) is 43.4 Å². The highest BCUT2D eigenvalue weighted by molar-refractivity contribution is 6.41. The normalized spacial score (nSPS) is 11.9. The zero-order valence-electron chi connectivity index (χ0n) is 8.29. The summed E-state index contributed by atoms with van der Waals surface area (Å²) in [5.74, 6) is -0.940. The Morgan fingerprint density at radius 2 is 2.21 bits per heavy atom. The molecule has 0 saturated heterocycles. The molecule has 0 radical (unpaired) electrons. The Morgan fingerprint density at radius 1 is 1.57 bits per heavy atom. The standard InChI is InChI=1S/C10H15ClO3/c1-3-5-6-7-8(12)9(11)10(13)14-4-2/h3,9H,1,4-7H2,2H3. The number of esters is 1. The van der Waals surface area contributed by atoms with E-state index < -0.39 is 11.3 Å². The molecule has 0 amide bonds. The molecule has 0 fully saturated rings. The maximum Gasteiger partial charge on any atom is 0.331 e. The van der Waals surface area contributed by atoms with Gasteiger partial charge in [-0.2, -0.15) is 0 Å². The molecule has 1 unspecified atom stereocenters. The molecule has 0 aliphatic rings. The zero-order valence-corrected chi connectivity index (χ0v) is 9.05. The van der Waals surface area contributed by atoms with Gasteiger partial charge in [-0.1, -0.05) is 6.08 Å². The Hall–Kier alpha value is -0.830. The van der Waals surface area contributed by atoms with Crippen LogP contribution in [0.25, 0.3) is 0 Å². The van der Waals surface area contributed by atoms with E-state index in [-0.39, 0.29) is 12.4 Å². The summed E-state index contributed by atoms with van der Waals surface area (Å²) in [4.78, 5) is 22.3. The van der Waals surface area contributed by atoms with E-state index in [1.165, 1.54) is 0 Å². The van der Waals surface area contributed by atoms with E-state index >= 15 is 0 Å². The van der Waals surface area contributed by atoms with Crippen LogP contribution in [0.4, 0.5) is 0 Å². The van der Waals surface area contributed by atoms with Crippen LogP contribution in [0.15, 0.2) is 12.7 Å². The van der Waals surface area contributed by atoms with E-state index in [4.69, 9.17) is 11.6 Å². The van der Waals surface area contributed by atoms with Gasteiger partial charge in [0.15, 0.2) is 11.2 Å². The summed E-state index contributed by atoms with van der Waals surface area (Å²) in [5.41, 5.74) is 0. The number of Topliss-reactive ketones (excluding diaryl/α,β-unsaturated/α-hetero) is 1. The van der Waals surface area contributed by atoms with Crippen molar-refractivity contribution in [2.45, 2.75) is 31.6 Å². The highest BCUT2D eigenvalue weighted by Gasteiger charge is 2.24. The number of ether oxygens (including phenoxy) is 1. The van der Waals surface area contributed by atoms with Crippen LogP contribution in [0.1, 0.15) is 26.2 Å². The van der Waals surface area contributed by atoms with Gasteiger partial charge in [0.05, 0.1) is 6.61 Å². The fourth-order valence-electron chi connectivity index (χ4n) is 0.894. The minimum absolute atomic E-state index is 0.238. The minimum Gasteiger partial charge on any atom is -0.465 e. The summed E-state index contributed by atoms with van der Waals surface area (Å²) in [6.45, 7) is 5.44. The van der Waals surface area contributed by atoms with Gasteiger partial charge in [0, 0.05) is 6.42 Å². The molecular weight excluding hydrogens is 204 g/mol. The third-order valence-corrected chi connectivity index (χ3v) is 2.03. The quantitative estimate of drug-likeness (QED) is 0.216. The third-order valence-electron chi connectivity index (χ3n) is 1.61. The lowest BCUT2D eigenvalue weighted by atomic mass is 10.1. The third kappa shape index (κ3) is 5.02. The van der Waals surface area contributed by atoms with Crippen molar-refractivity contribution >= 4 is 23.4 Å². The Kier molecular flexibility index (Phi) is 7.11. The van der Waals surface area contributed by atoms with Crippen molar-refractivity contribution in [1.82, 2.24) is 0 Å². The summed E-state index contributed by atoms with van der Waals surface area (Å²) in [5, 5.41) is -1.15. The fraction of sp³-hybridized carbons (Fsp3) is 0.600. The number of halogens is 1. The van der Waals surface area contributed by atoms with Crippen molar-refractivity contribution in [2.75, 3.05) is 6.61 Å². The SMILES string of the molecule is C=CCCCC(=O)C(Cl)C(=O)OCC. The number of carbonyl (C=O) groups is 2. The van der Waals surface area contributed by atoms with E-state index in [0.717, 1.165) is 6.42 Å². The number of allylic oxidation sites excluding steroid dienone is 1. The highest BCUT2D eigenvalue weighted by Crippen LogP contribution is 2.07. The van der Waals surface area contributed by atoms with E-state index in [1.807, 2.05) is 0 Å². The molecule has 3 nitrogen and oxygen atoms in total. The Bertz CT molecular complexity index is 213. The Morgan fingerprint density at radius 3 is 2.71 bits per heavy atom. The molecule has 14 heavy (non-hydrogen) atoms. The van der Waals surface area contributed by atoms with Crippen LogP contribution in [0.5, 0.6) is 0 Å². The number of rotatable bonds is 7.